The first kappa shape index (κ1) is 19.2. The first-order valence-corrected chi connectivity index (χ1v) is 8.70. The molecule has 0 atom stereocenters. The van der Waals surface area contributed by atoms with Crippen LogP contribution in [0.2, 0.25) is 0 Å². The van der Waals surface area contributed by atoms with Crippen LogP contribution in [0.15, 0.2) is 72.8 Å². The van der Waals surface area contributed by atoms with Crippen LogP contribution < -0.4 is 14.2 Å². The molecule has 5 nitrogen and oxygen atoms in total. The molecule has 0 fully saturated rings. The van der Waals surface area contributed by atoms with Crippen molar-refractivity contribution in [1.29, 1.82) is 0 Å². The molecule has 0 unspecified atom stereocenters. The molecule has 0 aliphatic heterocycles. The Morgan fingerprint density at radius 3 is 2.04 bits per heavy atom. The van der Waals surface area contributed by atoms with Crippen LogP contribution in [0.5, 0.6) is 17.2 Å². The zero-order chi connectivity index (χ0) is 19.9. The van der Waals surface area contributed by atoms with Gasteiger partial charge in [-0.2, -0.15) is 0 Å². The number of methoxy groups -OCH3 is 2. The SMILES string of the molecule is COc1ccc(C(=O)COc2ccc(C(=O)c3ccccc3)cc2)c(OC)c1. The lowest BCUT2D eigenvalue weighted by Gasteiger charge is -2.11. The number of carbonyl (C=O) groups excluding carboxylic acids is 2. The number of hydrogen-bond acceptors (Lipinski definition) is 5. The normalized spacial score (nSPS) is 10.2. The van der Waals surface area contributed by atoms with Crippen LogP contribution in [0.1, 0.15) is 26.3 Å². The highest BCUT2D eigenvalue weighted by Crippen LogP contribution is 2.25. The van der Waals surface area contributed by atoms with E-state index < -0.39 is 0 Å². The van der Waals surface area contributed by atoms with Crippen LogP contribution in [0.3, 0.4) is 0 Å². The molecule has 0 N–H and O–H groups in total. The summed E-state index contributed by atoms with van der Waals surface area (Å²) >= 11 is 0. The third-order valence-corrected chi connectivity index (χ3v) is 4.23. The molecule has 0 aliphatic rings. The van der Waals surface area contributed by atoms with E-state index in [2.05, 4.69) is 0 Å². The van der Waals surface area contributed by atoms with Crippen LogP contribution in [0.4, 0.5) is 0 Å². The third-order valence-electron chi connectivity index (χ3n) is 4.23. The molecule has 0 heterocycles. The van der Waals surface area contributed by atoms with Crippen molar-refractivity contribution in [3.8, 4) is 17.2 Å². The Morgan fingerprint density at radius 2 is 1.39 bits per heavy atom. The molecule has 0 amide bonds. The molecule has 0 bridgehead atoms. The van der Waals surface area contributed by atoms with E-state index in [0.29, 0.717) is 33.9 Å². The van der Waals surface area contributed by atoms with Crippen molar-refractivity contribution in [2.45, 2.75) is 0 Å². The first-order chi connectivity index (χ1) is 13.6. The zero-order valence-electron chi connectivity index (χ0n) is 15.7. The lowest BCUT2D eigenvalue weighted by atomic mass is 10.0. The van der Waals surface area contributed by atoms with Gasteiger partial charge in [-0.1, -0.05) is 30.3 Å². The van der Waals surface area contributed by atoms with Crippen molar-refractivity contribution in [1.82, 2.24) is 0 Å². The molecule has 0 radical (unpaired) electrons. The van der Waals surface area contributed by atoms with E-state index in [-0.39, 0.29) is 18.2 Å². The lowest BCUT2D eigenvalue weighted by Crippen LogP contribution is -2.13. The molecular formula is C23H20O5. The number of carbonyl (C=O) groups is 2. The zero-order valence-corrected chi connectivity index (χ0v) is 15.7. The lowest BCUT2D eigenvalue weighted by molar-refractivity contribution is 0.0917. The maximum atomic E-state index is 12.5. The second-order valence-corrected chi connectivity index (χ2v) is 6.00. The van der Waals surface area contributed by atoms with E-state index >= 15 is 0 Å². The van der Waals surface area contributed by atoms with E-state index in [4.69, 9.17) is 14.2 Å². The van der Waals surface area contributed by atoms with Gasteiger partial charge in [0.2, 0.25) is 5.78 Å². The number of Topliss-reactive ketones (excluding diaryl/α,β-unsaturated/α-hetero) is 1. The second-order valence-electron chi connectivity index (χ2n) is 6.00. The van der Waals surface area contributed by atoms with Crippen LogP contribution in [-0.2, 0) is 0 Å². The smallest absolute Gasteiger partial charge is 0.203 e. The maximum Gasteiger partial charge on any atom is 0.203 e. The molecule has 3 aromatic rings. The van der Waals surface area contributed by atoms with Gasteiger partial charge in [-0.3, -0.25) is 9.59 Å². The number of ether oxygens (including phenoxy) is 3. The quantitative estimate of drug-likeness (QED) is 0.552. The summed E-state index contributed by atoms with van der Waals surface area (Å²) in [6.45, 7) is -0.144. The Balaban J connectivity index is 1.65. The van der Waals surface area contributed by atoms with Gasteiger partial charge in [0.25, 0.3) is 0 Å². The molecule has 142 valence electrons. The van der Waals surface area contributed by atoms with E-state index in [0.717, 1.165) is 0 Å². The van der Waals surface area contributed by atoms with Crippen LogP contribution >= 0.6 is 0 Å². The minimum Gasteiger partial charge on any atom is -0.497 e. The van der Waals surface area contributed by atoms with E-state index in [1.54, 1.807) is 61.7 Å². The number of benzene rings is 3. The monoisotopic (exact) mass is 376 g/mol. The van der Waals surface area contributed by atoms with Gasteiger partial charge >= 0.3 is 0 Å². The summed E-state index contributed by atoms with van der Waals surface area (Å²) in [5, 5.41) is 0. The van der Waals surface area contributed by atoms with Gasteiger partial charge in [0.15, 0.2) is 12.4 Å². The van der Waals surface area contributed by atoms with Crippen molar-refractivity contribution in [3.05, 3.63) is 89.5 Å². The molecule has 0 aliphatic carbocycles. The number of rotatable bonds is 8. The van der Waals surface area contributed by atoms with E-state index in [9.17, 15) is 9.59 Å². The summed E-state index contributed by atoms with van der Waals surface area (Å²) in [4.78, 5) is 24.9. The third kappa shape index (κ3) is 4.38. The van der Waals surface area contributed by atoms with Gasteiger partial charge in [-0.25, -0.2) is 0 Å². The molecule has 28 heavy (non-hydrogen) atoms. The minimum absolute atomic E-state index is 0.0637. The van der Waals surface area contributed by atoms with Gasteiger partial charge in [-0.15, -0.1) is 0 Å². The van der Waals surface area contributed by atoms with Gasteiger partial charge in [-0.05, 0) is 36.4 Å². The maximum absolute atomic E-state index is 12.5. The number of ketones is 2. The summed E-state index contributed by atoms with van der Waals surface area (Å²) in [6.07, 6.45) is 0. The van der Waals surface area contributed by atoms with E-state index in [1.165, 1.54) is 7.11 Å². The highest BCUT2D eigenvalue weighted by molar-refractivity contribution is 6.09. The van der Waals surface area contributed by atoms with Crippen molar-refractivity contribution < 1.29 is 23.8 Å². The van der Waals surface area contributed by atoms with Crippen molar-refractivity contribution >= 4 is 11.6 Å². The molecule has 0 saturated carbocycles. The van der Waals surface area contributed by atoms with E-state index in [1.807, 2.05) is 18.2 Å². The fourth-order valence-corrected chi connectivity index (χ4v) is 2.71. The van der Waals surface area contributed by atoms with Gasteiger partial charge in [0.1, 0.15) is 17.2 Å². The highest BCUT2D eigenvalue weighted by Gasteiger charge is 2.14. The summed E-state index contributed by atoms with van der Waals surface area (Å²) in [6, 6.07) is 20.8. The summed E-state index contributed by atoms with van der Waals surface area (Å²) in [5.41, 5.74) is 1.60. The average Bonchev–Trinajstić information content (AvgIpc) is 2.77. The molecule has 3 aromatic carbocycles. The Hall–Kier alpha value is -3.60. The Morgan fingerprint density at radius 1 is 0.750 bits per heavy atom. The van der Waals surface area contributed by atoms with Gasteiger partial charge in [0, 0.05) is 17.2 Å². The van der Waals surface area contributed by atoms with Crippen LogP contribution in [-0.4, -0.2) is 32.4 Å². The van der Waals surface area contributed by atoms with Crippen LogP contribution in [0.25, 0.3) is 0 Å². The molecule has 0 saturated heterocycles. The molecule has 0 spiro atoms. The van der Waals surface area contributed by atoms with Gasteiger partial charge < -0.3 is 14.2 Å². The number of hydrogen-bond donors (Lipinski definition) is 0. The fourth-order valence-electron chi connectivity index (χ4n) is 2.71. The Labute approximate surface area is 163 Å². The predicted molar refractivity (Wildman–Crippen MR) is 106 cm³/mol. The fraction of sp³-hybridized carbons (Fsp3) is 0.130. The molecule has 3 rings (SSSR count). The molecule has 0 aromatic heterocycles. The Kier molecular flexibility index (Phi) is 6.07. The first-order valence-electron chi connectivity index (χ1n) is 8.70. The summed E-state index contributed by atoms with van der Waals surface area (Å²) in [5.74, 6) is 1.25. The topological polar surface area (TPSA) is 61.8 Å². The molecule has 5 heteroatoms. The average molecular weight is 376 g/mol. The Bertz CT molecular complexity index is 962. The van der Waals surface area contributed by atoms with Crippen LogP contribution in [0, 0.1) is 0 Å². The van der Waals surface area contributed by atoms with Crippen molar-refractivity contribution in [2.24, 2.45) is 0 Å². The highest BCUT2D eigenvalue weighted by atomic mass is 16.5. The predicted octanol–water partition coefficient (Wildman–Crippen LogP) is 4.20. The standard InChI is InChI=1S/C23H20O5/c1-26-19-12-13-20(22(14-19)27-2)21(24)15-28-18-10-8-17(9-11-18)23(25)16-6-4-3-5-7-16/h3-14H,15H2,1-2H3. The summed E-state index contributed by atoms with van der Waals surface area (Å²) in [7, 11) is 3.04. The minimum atomic E-state index is -0.219. The molecular weight excluding hydrogens is 356 g/mol. The van der Waals surface area contributed by atoms with Gasteiger partial charge in [0.05, 0.1) is 19.8 Å². The second kappa shape index (κ2) is 8.86. The summed E-state index contributed by atoms with van der Waals surface area (Å²) < 4.78 is 16.0. The van der Waals surface area contributed by atoms with Crippen molar-refractivity contribution in [2.75, 3.05) is 20.8 Å². The largest absolute Gasteiger partial charge is 0.497 e. The van der Waals surface area contributed by atoms with Crippen molar-refractivity contribution in [3.63, 3.8) is 0 Å².